The Morgan fingerprint density at radius 1 is 1.22 bits per heavy atom. The Morgan fingerprint density at radius 3 is 2.56 bits per heavy atom. The van der Waals surface area contributed by atoms with Crippen molar-refractivity contribution in [3.8, 4) is 0 Å². The van der Waals surface area contributed by atoms with Gasteiger partial charge in [-0.3, -0.25) is 0 Å². The monoisotopic (exact) mass is 265 g/mol. The first-order chi connectivity index (χ1) is 8.49. The average molecular weight is 265 g/mol. The van der Waals surface area contributed by atoms with Gasteiger partial charge in [0.2, 0.25) is 0 Å². The number of hydrogen-bond acceptors (Lipinski definition) is 2. The highest BCUT2D eigenvalue weighted by atomic mass is 19.3. The van der Waals surface area contributed by atoms with E-state index in [-0.39, 0.29) is 13.0 Å². The van der Waals surface area contributed by atoms with Gasteiger partial charge in [-0.25, -0.2) is 17.6 Å². The van der Waals surface area contributed by atoms with Gasteiger partial charge in [-0.05, 0) is 24.5 Å². The van der Waals surface area contributed by atoms with E-state index in [9.17, 15) is 17.6 Å². The Bertz CT molecular complexity index is 373. The molecule has 0 saturated heterocycles. The molecule has 0 bridgehead atoms. The summed E-state index contributed by atoms with van der Waals surface area (Å²) in [4.78, 5) is 0. The zero-order valence-electron chi connectivity index (χ0n) is 9.71. The Balaban J connectivity index is 2.33. The predicted molar refractivity (Wildman–Crippen MR) is 59.5 cm³/mol. The molecule has 2 nitrogen and oxygen atoms in total. The van der Waals surface area contributed by atoms with Gasteiger partial charge in [0.25, 0.3) is 6.43 Å². The van der Waals surface area contributed by atoms with E-state index in [1.807, 2.05) is 0 Å². The van der Waals surface area contributed by atoms with Crippen molar-refractivity contribution in [2.75, 3.05) is 13.2 Å². The summed E-state index contributed by atoms with van der Waals surface area (Å²) in [7, 11) is 0. The molecule has 102 valence electrons. The molecule has 1 rings (SSSR count). The van der Waals surface area contributed by atoms with Crippen LogP contribution in [0.25, 0.3) is 0 Å². The van der Waals surface area contributed by atoms with Crippen LogP contribution in [0.1, 0.15) is 12.0 Å². The Labute approximate surface area is 103 Å². The lowest BCUT2D eigenvalue weighted by molar-refractivity contribution is 0.0152. The molecule has 1 unspecified atom stereocenters. The zero-order valence-corrected chi connectivity index (χ0v) is 9.71. The fourth-order valence-electron chi connectivity index (χ4n) is 1.48. The number of alkyl halides is 2. The quantitative estimate of drug-likeness (QED) is 0.607. The Kier molecular flexibility index (Phi) is 6.07. The van der Waals surface area contributed by atoms with Gasteiger partial charge in [0.15, 0.2) is 0 Å². The molecule has 0 aliphatic carbocycles. The van der Waals surface area contributed by atoms with Crippen LogP contribution in [-0.2, 0) is 11.2 Å². The molecule has 18 heavy (non-hydrogen) atoms. The third-order valence-corrected chi connectivity index (χ3v) is 2.37. The number of halogens is 4. The van der Waals surface area contributed by atoms with E-state index in [2.05, 4.69) is 4.74 Å². The van der Waals surface area contributed by atoms with Gasteiger partial charge < -0.3 is 10.5 Å². The summed E-state index contributed by atoms with van der Waals surface area (Å²) in [5.41, 5.74) is 6.01. The normalized spacial score (nSPS) is 13.0. The van der Waals surface area contributed by atoms with Gasteiger partial charge in [-0.2, -0.15) is 0 Å². The van der Waals surface area contributed by atoms with Crippen LogP contribution in [0.4, 0.5) is 17.6 Å². The fourth-order valence-corrected chi connectivity index (χ4v) is 1.48. The minimum absolute atomic E-state index is 0.0916. The molecule has 0 saturated carbocycles. The first kappa shape index (κ1) is 14.9. The summed E-state index contributed by atoms with van der Waals surface area (Å²) in [6, 6.07) is 2.85. The van der Waals surface area contributed by atoms with Gasteiger partial charge >= 0.3 is 0 Å². The maximum absolute atomic E-state index is 13.3. The van der Waals surface area contributed by atoms with Crippen molar-refractivity contribution >= 4 is 0 Å². The summed E-state index contributed by atoms with van der Waals surface area (Å²) < 4.78 is 54.1. The molecule has 0 aromatic heterocycles. The SMILES string of the molecule is NC(CCOCC(F)F)Cc1ccc(F)cc1F. The number of ether oxygens (including phenoxy) is 1. The molecular formula is C12H15F4NO. The average Bonchev–Trinajstić information content (AvgIpc) is 2.28. The summed E-state index contributed by atoms with van der Waals surface area (Å²) >= 11 is 0. The van der Waals surface area contributed by atoms with Crippen LogP contribution in [-0.4, -0.2) is 25.7 Å². The lowest BCUT2D eigenvalue weighted by Gasteiger charge is -2.12. The third kappa shape index (κ3) is 5.46. The Morgan fingerprint density at radius 2 is 1.94 bits per heavy atom. The first-order valence-corrected chi connectivity index (χ1v) is 5.54. The minimum Gasteiger partial charge on any atom is -0.375 e. The zero-order chi connectivity index (χ0) is 13.5. The largest absolute Gasteiger partial charge is 0.375 e. The first-order valence-electron chi connectivity index (χ1n) is 5.54. The molecule has 0 aliphatic heterocycles. The predicted octanol–water partition coefficient (Wildman–Crippen LogP) is 2.51. The van der Waals surface area contributed by atoms with Crippen LogP contribution >= 0.6 is 0 Å². The summed E-state index contributed by atoms with van der Waals surface area (Å²) in [5, 5.41) is 0. The van der Waals surface area contributed by atoms with Crippen LogP contribution in [0, 0.1) is 11.6 Å². The van der Waals surface area contributed by atoms with Gasteiger partial charge in [0.1, 0.15) is 18.2 Å². The molecule has 1 aromatic carbocycles. The van der Waals surface area contributed by atoms with Gasteiger partial charge in [0, 0.05) is 18.7 Å². The molecule has 0 aliphatic rings. The van der Waals surface area contributed by atoms with Crippen molar-refractivity contribution in [1.29, 1.82) is 0 Å². The molecule has 0 amide bonds. The number of benzene rings is 1. The van der Waals surface area contributed by atoms with Gasteiger partial charge in [-0.1, -0.05) is 6.07 Å². The minimum atomic E-state index is -2.50. The maximum atomic E-state index is 13.3. The van der Waals surface area contributed by atoms with Crippen LogP contribution in [0.15, 0.2) is 18.2 Å². The van der Waals surface area contributed by atoms with Crippen molar-refractivity contribution in [2.24, 2.45) is 5.73 Å². The molecule has 0 heterocycles. The van der Waals surface area contributed by atoms with Gasteiger partial charge in [-0.15, -0.1) is 0 Å². The summed E-state index contributed by atoms with van der Waals surface area (Å²) in [6.45, 7) is -0.536. The molecule has 0 radical (unpaired) electrons. The van der Waals surface area contributed by atoms with E-state index in [0.29, 0.717) is 12.0 Å². The summed E-state index contributed by atoms with van der Waals surface area (Å²) in [6.07, 6.45) is -1.95. The van der Waals surface area contributed by atoms with E-state index >= 15 is 0 Å². The number of hydrogen-bond donors (Lipinski definition) is 1. The number of rotatable bonds is 7. The van der Waals surface area contributed by atoms with E-state index < -0.39 is 30.7 Å². The van der Waals surface area contributed by atoms with Crippen molar-refractivity contribution in [3.63, 3.8) is 0 Å². The highest BCUT2D eigenvalue weighted by Crippen LogP contribution is 2.12. The van der Waals surface area contributed by atoms with Crippen molar-refractivity contribution in [3.05, 3.63) is 35.4 Å². The summed E-state index contributed by atoms with van der Waals surface area (Å²) in [5.74, 6) is -1.30. The topological polar surface area (TPSA) is 35.2 Å². The lowest BCUT2D eigenvalue weighted by atomic mass is 10.0. The second kappa shape index (κ2) is 7.33. The number of nitrogens with two attached hydrogens (primary N) is 1. The maximum Gasteiger partial charge on any atom is 0.261 e. The fraction of sp³-hybridized carbons (Fsp3) is 0.500. The van der Waals surface area contributed by atoms with Crippen molar-refractivity contribution < 1.29 is 22.3 Å². The standard InChI is InChI=1S/C12H15F4NO/c13-9-2-1-8(11(14)6-9)5-10(17)3-4-18-7-12(15)16/h1-2,6,10,12H,3-5,7,17H2. The van der Waals surface area contributed by atoms with Crippen LogP contribution in [0.5, 0.6) is 0 Å². The molecule has 2 N–H and O–H groups in total. The molecule has 0 spiro atoms. The second-order valence-corrected chi connectivity index (χ2v) is 3.95. The molecular weight excluding hydrogens is 250 g/mol. The molecule has 1 atom stereocenters. The van der Waals surface area contributed by atoms with Crippen LogP contribution < -0.4 is 5.73 Å². The molecule has 0 fully saturated rings. The molecule has 6 heteroatoms. The smallest absolute Gasteiger partial charge is 0.261 e. The van der Waals surface area contributed by atoms with Crippen molar-refractivity contribution in [1.82, 2.24) is 0 Å². The second-order valence-electron chi connectivity index (χ2n) is 3.95. The van der Waals surface area contributed by atoms with E-state index in [0.717, 1.165) is 12.1 Å². The van der Waals surface area contributed by atoms with Gasteiger partial charge in [0.05, 0.1) is 0 Å². The highest BCUT2D eigenvalue weighted by Gasteiger charge is 2.10. The van der Waals surface area contributed by atoms with E-state index in [1.54, 1.807) is 0 Å². The van der Waals surface area contributed by atoms with Crippen LogP contribution in [0.3, 0.4) is 0 Å². The molecule has 1 aromatic rings. The van der Waals surface area contributed by atoms with Crippen LogP contribution in [0.2, 0.25) is 0 Å². The lowest BCUT2D eigenvalue weighted by Crippen LogP contribution is -2.25. The van der Waals surface area contributed by atoms with E-state index in [1.165, 1.54) is 6.07 Å². The third-order valence-electron chi connectivity index (χ3n) is 2.37. The van der Waals surface area contributed by atoms with Crippen molar-refractivity contribution in [2.45, 2.75) is 25.3 Å². The highest BCUT2D eigenvalue weighted by molar-refractivity contribution is 5.19. The Hall–Kier alpha value is -1.14. The van der Waals surface area contributed by atoms with E-state index in [4.69, 9.17) is 5.73 Å².